The SMILES string of the molecule is C/C=C/CCc1ccccc1/N=C(C#CCCCCCC)/C(CCCCCCCC)=N/c1ccccc1CC/C=C/C.[Ni]. The molecule has 2 nitrogen and oxygen atoms in total. The quantitative estimate of drug-likeness (QED) is 0.0461. The van der Waals surface area contributed by atoms with Gasteiger partial charge in [-0.3, -0.25) is 4.99 Å². The smallest absolute Gasteiger partial charge is 0.135 e. The van der Waals surface area contributed by atoms with Gasteiger partial charge in [-0.25, -0.2) is 4.99 Å². The van der Waals surface area contributed by atoms with Crippen LogP contribution in [-0.4, -0.2) is 11.4 Å². The maximum atomic E-state index is 5.35. The summed E-state index contributed by atoms with van der Waals surface area (Å²) in [5.41, 5.74) is 6.52. The summed E-state index contributed by atoms with van der Waals surface area (Å²) in [6, 6.07) is 17.2. The molecule has 0 aliphatic carbocycles. The van der Waals surface area contributed by atoms with Crippen LogP contribution in [0.4, 0.5) is 11.4 Å². The Hall–Kier alpha value is -2.69. The van der Waals surface area contributed by atoms with Gasteiger partial charge in [0.25, 0.3) is 0 Å². The van der Waals surface area contributed by atoms with E-state index in [1.807, 2.05) is 0 Å². The average Bonchev–Trinajstić information content (AvgIpc) is 3.01. The molecule has 0 N–H and O–H groups in total. The first-order chi connectivity index (χ1) is 20.7. The predicted octanol–water partition coefficient (Wildman–Crippen LogP) is 12.3. The zero-order valence-corrected chi connectivity index (χ0v) is 28.4. The van der Waals surface area contributed by atoms with Crippen LogP contribution in [0.1, 0.15) is 129 Å². The number of aryl methyl sites for hydroxylation is 2. The van der Waals surface area contributed by atoms with Crippen LogP contribution in [0.5, 0.6) is 0 Å². The first-order valence-corrected chi connectivity index (χ1v) is 16.8. The third-order valence-electron chi connectivity index (χ3n) is 7.51. The van der Waals surface area contributed by atoms with E-state index in [0.29, 0.717) is 0 Å². The van der Waals surface area contributed by atoms with Crippen molar-refractivity contribution in [1.82, 2.24) is 0 Å². The molecule has 0 heterocycles. The molecule has 236 valence electrons. The maximum absolute atomic E-state index is 5.35. The third kappa shape index (κ3) is 16.7. The second kappa shape index (κ2) is 25.8. The molecule has 2 rings (SSSR count). The van der Waals surface area contributed by atoms with Crippen LogP contribution < -0.4 is 0 Å². The molecule has 0 radical (unpaired) electrons. The van der Waals surface area contributed by atoms with Gasteiger partial charge in [-0.15, -0.1) is 0 Å². The van der Waals surface area contributed by atoms with Crippen molar-refractivity contribution in [3.63, 3.8) is 0 Å². The van der Waals surface area contributed by atoms with Crippen molar-refractivity contribution in [2.24, 2.45) is 9.98 Å². The standard InChI is InChI=1S/C40H56N2.Ni/c1-5-9-13-15-17-21-33-39(41-37-31-25-23-29-35(37)27-19-11-7-3)40(34-22-18-16-14-10-6-2)42-38-32-26-24-30-36(38)28-20-12-8-4;/h7-8,11-12,23-26,29-32H,5-6,9-10,13-21,27-28,33H2,1-4H3;/b11-7+,12-8+,41-39+,42-40+;. The van der Waals surface area contributed by atoms with E-state index in [1.54, 1.807) is 0 Å². The number of nitrogens with zero attached hydrogens (tertiary/aromatic N) is 2. The number of allylic oxidation sites excluding steroid dienone is 4. The second-order valence-electron chi connectivity index (χ2n) is 11.1. The predicted molar refractivity (Wildman–Crippen MR) is 188 cm³/mol. The minimum absolute atomic E-state index is 0. The maximum Gasteiger partial charge on any atom is 0.135 e. The first kappa shape index (κ1) is 38.3. The second-order valence-corrected chi connectivity index (χ2v) is 11.1. The van der Waals surface area contributed by atoms with Crippen LogP contribution in [0.2, 0.25) is 0 Å². The molecule has 3 heteroatoms. The Bertz CT molecular complexity index is 1190. The number of rotatable bonds is 20. The average molecular weight is 624 g/mol. The Labute approximate surface area is 274 Å². The fraction of sp³-hybridized carbons (Fsp3) is 0.500. The monoisotopic (exact) mass is 622 g/mol. The number of unbranched alkanes of at least 4 members (excludes halogenated alkanes) is 9. The van der Waals surface area contributed by atoms with E-state index >= 15 is 0 Å². The Morgan fingerprint density at radius 1 is 0.651 bits per heavy atom. The van der Waals surface area contributed by atoms with Crippen molar-refractivity contribution in [2.75, 3.05) is 0 Å². The van der Waals surface area contributed by atoms with E-state index in [4.69, 9.17) is 9.98 Å². The molecule has 0 aromatic heterocycles. The van der Waals surface area contributed by atoms with Crippen LogP contribution in [0.3, 0.4) is 0 Å². The molecule has 2 aromatic carbocycles. The molecule has 0 amide bonds. The van der Waals surface area contributed by atoms with Crippen LogP contribution >= 0.6 is 0 Å². The number of hydrogen-bond donors (Lipinski definition) is 0. The summed E-state index contributed by atoms with van der Waals surface area (Å²) in [5, 5.41) is 0. The van der Waals surface area contributed by atoms with E-state index in [0.717, 1.165) is 74.2 Å². The van der Waals surface area contributed by atoms with Gasteiger partial charge in [0, 0.05) is 22.9 Å². The molecule has 43 heavy (non-hydrogen) atoms. The molecule has 0 aliphatic heterocycles. The molecule has 0 unspecified atom stereocenters. The zero-order chi connectivity index (χ0) is 30.1. The van der Waals surface area contributed by atoms with Gasteiger partial charge in [0.05, 0.1) is 17.1 Å². The number of hydrogen-bond acceptors (Lipinski definition) is 2. The van der Waals surface area contributed by atoms with Crippen molar-refractivity contribution >= 4 is 22.8 Å². The Kier molecular flexibility index (Phi) is 23.0. The van der Waals surface area contributed by atoms with Gasteiger partial charge in [-0.2, -0.15) is 0 Å². The van der Waals surface area contributed by atoms with Gasteiger partial charge in [0.15, 0.2) is 0 Å². The van der Waals surface area contributed by atoms with E-state index < -0.39 is 0 Å². The summed E-state index contributed by atoms with van der Waals surface area (Å²) in [5.74, 6) is 7.03. The molecule has 0 fully saturated rings. The van der Waals surface area contributed by atoms with Crippen molar-refractivity contribution in [3.05, 3.63) is 84.0 Å². The number of para-hydroxylation sites is 2. The summed E-state index contributed by atoms with van der Waals surface area (Å²) in [6.45, 7) is 8.70. The number of benzene rings is 2. The van der Waals surface area contributed by atoms with Crippen LogP contribution in [0.15, 0.2) is 82.8 Å². The fourth-order valence-corrected chi connectivity index (χ4v) is 4.99. The van der Waals surface area contributed by atoms with E-state index in [9.17, 15) is 0 Å². The molecule has 0 atom stereocenters. The van der Waals surface area contributed by atoms with Gasteiger partial charge in [-0.05, 0) is 88.0 Å². The van der Waals surface area contributed by atoms with Crippen LogP contribution in [0, 0.1) is 11.8 Å². The fourth-order valence-electron chi connectivity index (χ4n) is 4.99. The largest absolute Gasteiger partial charge is 0.250 e. The van der Waals surface area contributed by atoms with Gasteiger partial charge in [0.1, 0.15) is 5.71 Å². The minimum atomic E-state index is 0. The van der Waals surface area contributed by atoms with Gasteiger partial charge in [0.2, 0.25) is 0 Å². The van der Waals surface area contributed by atoms with E-state index in [2.05, 4.69) is 112 Å². The molecule has 0 bridgehead atoms. The third-order valence-corrected chi connectivity index (χ3v) is 7.51. The Morgan fingerprint density at radius 3 is 1.74 bits per heavy atom. The van der Waals surface area contributed by atoms with E-state index in [-0.39, 0.29) is 16.5 Å². The van der Waals surface area contributed by atoms with Crippen molar-refractivity contribution in [2.45, 2.75) is 130 Å². The van der Waals surface area contributed by atoms with Crippen molar-refractivity contribution in [3.8, 4) is 11.8 Å². The van der Waals surface area contributed by atoms with Gasteiger partial charge < -0.3 is 0 Å². The number of aliphatic imine (C=N–C) groups is 2. The van der Waals surface area contributed by atoms with Crippen LogP contribution in [0.25, 0.3) is 0 Å². The normalized spacial score (nSPS) is 12.0. The summed E-state index contributed by atoms with van der Waals surface area (Å²) in [6.07, 6.45) is 26.9. The van der Waals surface area contributed by atoms with Gasteiger partial charge >= 0.3 is 0 Å². The molecule has 0 aliphatic rings. The molecule has 0 spiro atoms. The summed E-state index contributed by atoms with van der Waals surface area (Å²) < 4.78 is 0. The minimum Gasteiger partial charge on any atom is -0.250 e. The molecular formula is C40H56N2Ni. The summed E-state index contributed by atoms with van der Waals surface area (Å²) in [7, 11) is 0. The molecule has 0 saturated carbocycles. The molecular weight excluding hydrogens is 567 g/mol. The topological polar surface area (TPSA) is 24.7 Å². The molecule has 2 aromatic rings. The zero-order valence-electron chi connectivity index (χ0n) is 27.5. The molecule has 0 saturated heterocycles. The van der Waals surface area contributed by atoms with E-state index in [1.165, 1.54) is 62.5 Å². The first-order valence-electron chi connectivity index (χ1n) is 16.8. The van der Waals surface area contributed by atoms with Crippen molar-refractivity contribution < 1.29 is 16.5 Å². The Morgan fingerprint density at radius 2 is 1.16 bits per heavy atom. The summed E-state index contributed by atoms with van der Waals surface area (Å²) in [4.78, 5) is 10.6. The Balaban J connectivity index is 0.00000924. The van der Waals surface area contributed by atoms with Gasteiger partial charge in [-0.1, -0.05) is 132 Å². The van der Waals surface area contributed by atoms with Crippen molar-refractivity contribution in [1.29, 1.82) is 0 Å². The van der Waals surface area contributed by atoms with Crippen LogP contribution in [-0.2, 0) is 29.3 Å². The summed E-state index contributed by atoms with van der Waals surface area (Å²) >= 11 is 0.